The molecule has 0 atom stereocenters. The summed E-state index contributed by atoms with van der Waals surface area (Å²) in [7, 11) is -3.67. The molecule has 0 amide bonds. The maximum atomic E-state index is 11.8. The minimum absolute atomic E-state index is 0.0831. The first kappa shape index (κ1) is 16.5. The Hall–Kier alpha value is -1.60. The van der Waals surface area contributed by atoms with Gasteiger partial charge < -0.3 is 9.84 Å². The number of rotatable bonds is 8. The molecule has 2 N–H and O–H groups in total. The highest BCUT2D eigenvalue weighted by atomic mass is 32.2. The molecule has 0 aliphatic carbocycles. The molecule has 1 rings (SSSR count). The highest BCUT2D eigenvalue weighted by Crippen LogP contribution is 2.16. The molecule has 0 spiro atoms. The molecular weight excluding hydrogens is 282 g/mol. The van der Waals surface area contributed by atoms with Gasteiger partial charge >= 0.3 is 5.97 Å². The van der Waals surface area contributed by atoms with Crippen molar-refractivity contribution in [3.05, 3.63) is 24.3 Å². The van der Waals surface area contributed by atoms with E-state index in [0.29, 0.717) is 18.3 Å². The Bertz CT molecular complexity index is 536. The Morgan fingerprint density at radius 3 is 2.40 bits per heavy atom. The SMILES string of the molecule is CC(C)COc1ccc(S(=O)(=O)NCCC(=O)O)cc1. The molecule has 20 heavy (non-hydrogen) atoms. The van der Waals surface area contributed by atoms with E-state index < -0.39 is 16.0 Å². The summed E-state index contributed by atoms with van der Waals surface area (Å²) in [4.78, 5) is 10.4. The van der Waals surface area contributed by atoms with E-state index in [-0.39, 0.29) is 17.9 Å². The average Bonchev–Trinajstić information content (AvgIpc) is 2.36. The Morgan fingerprint density at radius 2 is 1.90 bits per heavy atom. The van der Waals surface area contributed by atoms with Crippen molar-refractivity contribution < 1.29 is 23.1 Å². The lowest BCUT2D eigenvalue weighted by molar-refractivity contribution is -0.136. The Labute approximate surface area is 118 Å². The van der Waals surface area contributed by atoms with Gasteiger partial charge in [0.1, 0.15) is 5.75 Å². The van der Waals surface area contributed by atoms with Gasteiger partial charge in [-0.15, -0.1) is 0 Å². The number of hydrogen-bond acceptors (Lipinski definition) is 4. The van der Waals surface area contributed by atoms with Crippen LogP contribution in [0.5, 0.6) is 5.75 Å². The fourth-order valence-electron chi connectivity index (χ4n) is 1.35. The highest BCUT2D eigenvalue weighted by molar-refractivity contribution is 7.89. The normalized spacial score (nSPS) is 11.6. The first-order chi connectivity index (χ1) is 9.31. The van der Waals surface area contributed by atoms with Crippen LogP contribution in [0.3, 0.4) is 0 Å². The summed E-state index contributed by atoms with van der Waals surface area (Å²) in [6, 6.07) is 6.01. The third-order valence-electron chi connectivity index (χ3n) is 2.35. The van der Waals surface area contributed by atoms with E-state index in [1.807, 2.05) is 13.8 Å². The van der Waals surface area contributed by atoms with Crippen LogP contribution in [0.25, 0.3) is 0 Å². The van der Waals surface area contributed by atoms with Crippen LogP contribution in [-0.4, -0.2) is 32.6 Å². The van der Waals surface area contributed by atoms with Gasteiger partial charge in [0.25, 0.3) is 0 Å². The summed E-state index contributed by atoms with van der Waals surface area (Å²) in [6.07, 6.45) is -0.255. The summed E-state index contributed by atoms with van der Waals surface area (Å²) in [5, 5.41) is 8.47. The molecular formula is C13H19NO5S. The molecule has 0 saturated heterocycles. The molecule has 1 aromatic carbocycles. The molecule has 0 saturated carbocycles. The Kier molecular flexibility index (Phi) is 5.97. The van der Waals surface area contributed by atoms with Gasteiger partial charge in [0, 0.05) is 6.54 Å². The van der Waals surface area contributed by atoms with Gasteiger partial charge in [-0.2, -0.15) is 0 Å². The van der Waals surface area contributed by atoms with E-state index in [9.17, 15) is 13.2 Å². The van der Waals surface area contributed by atoms with Crippen molar-refractivity contribution in [2.45, 2.75) is 25.2 Å². The molecule has 0 heterocycles. The summed E-state index contributed by atoms with van der Waals surface area (Å²) >= 11 is 0. The molecule has 7 heteroatoms. The lowest BCUT2D eigenvalue weighted by Gasteiger charge is -2.10. The second kappa shape index (κ2) is 7.25. The second-order valence-electron chi connectivity index (χ2n) is 4.72. The van der Waals surface area contributed by atoms with Crippen molar-refractivity contribution in [3.8, 4) is 5.75 Å². The maximum Gasteiger partial charge on any atom is 0.304 e. The molecule has 0 bridgehead atoms. The van der Waals surface area contributed by atoms with E-state index in [1.54, 1.807) is 12.1 Å². The summed E-state index contributed by atoms with van der Waals surface area (Å²) in [5.41, 5.74) is 0. The average molecular weight is 301 g/mol. The fraction of sp³-hybridized carbons (Fsp3) is 0.462. The lowest BCUT2D eigenvalue weighted by Crippen LogP contribution is -2.26. The maximum absolute atomic E-state index is 11.8. The van der Waals surface area contributed by atoms with E-state index in [1.165, 1.54) is 12.1 Å². The molecule has 0 aromatic heterocycles. The van der Waals surface area contributed by atoms with E-state index in [4.69, 9.17) is 9.84 Å². The summed E-state index contributed by atoms with van der Waals surface area (Å²) < 4.78 is 31.4. The molecule has 0 fully saturated rings. The molecule has 0 unspecified atom stereocenters. The van der Waals surface area contributed by atoms with Crippen LogP contribution in [-0.2, 0) is 14.8 Å². The number of aliphatic carboxylic acids is 1. The van der Waals surface area contributed by atoms with Crippen molar-refractivity contribution in [3.63, 3.8) is 0 Å². The van der Waals surface area contributed by atoms with Gasteiger partial charge in [0.2, 0.25) is 10.0 Å². The molecule has 6 nitrogen and oxygen atoms in total. The zero-order valence-electron chi connectivity index (χ0n) is 11.5. The number of hydrogen-bond donors (Lipinski definition) is 2. The lowest BCUT2D eigenvalue weighted by atomic mass is 10.2. The zero-order valence-corrected chi connectivity index (χ0v) is 12.3. The zero-order chi connectivity index (χ0) is 15.2. The van der Waals surface area contributed by atoms with Crippen LogP contribution < -0.4 is 9.46 Å². The van der Waals surface area contributed by atoms with E-state index in [2.05, 4.69) is 4.72 Å². The number of benzene rings is 1. The number of sulfonamides is 1. The predicted molar refractivity (Wildman–Crippen MR) is 74.2 cm³/mol. The highest BCUT2D eigenvalue weighted by Gasteiger charge is 2.14. The monoisotopic (exact) mass is 301 g/mol. The quantitative estimate of drug-likeness (QED) is 0.758. The van der Waals surface area contributed by atoms with Gasteiger partial charge in [-0.05, 0) is 30.2 Å². The Morgan fingerprint density at radius 1 is 1.30 bits per heavy atom. The number of carboxylic acids is 1. The third kappa shape index (κ3) is 5.58. The fourth-order valence-corrected chi connectivity index (χ4v) is 2.39. The molecule has 1 aromatic rings. The van der Waals surface area contributed by atoms with Crippen LogP contribution in [0.2, 0.25) is 0 Å². The van der Waals surface area contributed by atoms with Gasteiger partial charge in [-0.25, -0.2) is 13.1 Å². The van der Waals surface area contributed by atoms with Crippen LogP contribution in [0.15, 0.2) is 29.2 Å². The standard InChI is InChI=1S/C13H19NO5S/c1-10(2)9-19-11-3-5-12(6-4-11)20(17,18)14-8-7-13(15)16/h3-6,10,14H,7-9H2,1-2H3,(H,15,16). The third-order valence-corrected chi connectivity index (χ3v) is 3.83. The van der Waals surface area contributed by atoms with Crippen LogP contribution in [0, 0.1) is 5.92 Å². The van der Waals surface area contributed by atoms with Crippen LogP contribution in [0.4, 0.5) is 0 Å². The minimum Gasteiger partial charge on any atom is -0.493 e. The van der Waals surface area contributed by atoms with Crippen LogP contribution >= 0.6 is 0 Å². The molecule has 112 valence electrons. The first-order valence-electron chi connectivity index (χ1n) is 6.25. The van der Waals surface area contributed by atoms with Crippen molar-refractivity contribution in [2.75, 3.05) is 13.2 Å². The predicted octanol–water partition coefficient (Wildman–Crippen LogP) is 1.47. The van der Waals surface area contributed by atoms with Crippen LogP contribution in [0.1, 0.15) is 20.3 Å². The number of carboxylic acid groups (broad SMARTS) is 1. The Balaban J connectivity index is 2.64. The van der Waals surface area contributed by atoms with Gasteiger partial charge in [0.15, 0.2) is 0 Å². The van der Waals surface area contributed by atoms with Gasteiger partial charge in [-0.1, -0.05) is 13.8 Å². The smallest absolute Gasteiger partial charge is 0.304 e. The molecule has 0 aliphatic rings. The summed E-state index contributed by atoms with van der Waals surface area (Å²) in [5.74, 6) is -0.0654. The second-order valence-corrected chi connectivity index (χ2v) is 6.48. The van der Waals surface area contributed by atoms with E-state index in [0.717, 1.165) is 0 Å². The van der Waals surface area contributed by atoms with Crippen molar-refractivity contribution >= 4 is 16.0 Å². The largest absolute Gasteiger partial charge is 0.493 e. The van der Waals surface area contributed by atoms with Crippen molar-refractivity contribution in [1.29, 1.82) is 0 Å². The van der Waals surface area contributed by atoms with Gasteiger partial charge in [-0.3, -0.25) is 4.79 Å². The van der Waals surface area contributed by atoms with Crippen molar-refractivity contribution in [1.82, 2.24) is 4.72 Å². The van der Waals surface area contributed by atoms with Crippen molar-refractivity contribution in [2.24, 2.45) is 5.92 Å². The van der Waals surface area contributed by atoms with E-state index >= 15 is 0 Å². The number of ether oxygens (including phenoxy) is 1. The molecule has 0 radical (unpaired) electrons. The molecule has 0 aliphatic heterocycles. The topological polar surface area (TPSA) is 92.7 Å². The first-order valence-corrected chi connectivity index (χ1v) is 7.74. The number of nitrogens with one attached hydrogen (secondary N) is 1. The summed E-state index contributed by atoms with van der Waals surface area (Å²) in [6.45, 7) is 4.46. The minimum atomic E-state index is -3.67. The number of carbonyl (C=O) groups is 1. The van der Waals surface area contributed by atoms with Gasteiger partial charge in [0.05, 0.1) is 17.9 Å².